The van der Waals surface area contributed by atoms with E-state index < -0.39 is 30.2 Å². The number of esters is 1. The minimum Gasteiger partial charge on any atom is -0.452 e. The van der Waals surface area contributed by atoms with Gasteiger partial charge in [0.2, 0.25) is 0 Å². The van der Waals surface area contributed by atoms with Crippen LogP contribution in [0.2, 0.25) is 5.02 Å². The fourth-order valence-electron chi connectivity index (χ4n) is 2.29. The number of carbonyl (C=O) groups excluding carboxylic acids is 3. The molecule has 0 aromatic heterocycles. The second-order valence-corrected chi connectivity index (χ2v) is 7.65. The molecule has 2 rings (SSSR count). The topological polar surface area (TPSA) is 93.7 Å². The molecule has 0 aliphatic carbocycles. The van der Waals surface area contributed by atoms with Gasteiger partial charge < -0.3 is 14.8 Å². The minimum atomic E-state index is -0.698. The Hall–Kier alpha value is -3.06. The summed E-state index contributed by atoms with van der Waals surface area (Å²) in [5.41, 5.74) is 1.17. The molecule has 29 heavy (non-hydrogen) atoms. The molecule has 154 valence electrons. The zero-order chi connectivity index (χ0) is 21.6. The van der Waals surface area contributed by atoms with Crippen LogP contribution >= 0.6 is 11.6 Å². The highest BCUT2D eigenvalue weighted by molar-refractivity contribution is 6.31. The third kappa shape index (κ3) is 7.12. The molecule has 2 aromatic rings. The SMILES string of the molecule is Cc1c(Cl)cccc1NC(=O)COC(=O)c1cccc(NC(=O)OC(C)(C)C)c1. The highest BCUT2D eigenvalue weighted by Gasteiger charge is 2.17. The summed E-state index contributed by atoms with van der Waals surface area (Å²) in [5.74, 6) is -1.19. The second kappa shape index (κ2) is 9.43. The normalized spacial score (nSPS) is 10.8. The van der Waals surface area contributed by atoms with Crippen molar-refractivity contribution in [1.29, 1.82) is 0 Å². The number of nitrogens with one attached hydrogen (secondary N) is 2. The van der Waals surface area contributed by atoms with Gasteiger partial charge in [-0.05, 0) is 63.6 Å². The fourth-order valence-corrected chi connectivity index (χ4v) is 2.46. The van der Waals surface area contributed by atoms with E-state index in [1.807, 2.05) is 0 Å². The van der Waals surface area contributed by atoms with Gasteiger partial charge in [0.1, 0.15) is 5.60 Å². The van der Waals surface area contributed by atoms with Gasteiger partial charge in [-0.25, -0.2) is 9.59 Å². The first-order valence-electron chi connectivity index (χ1n) is 8.87. The number of halogens is 1. The lowest BCUT2D eigenvalue weighted by Crippen LogP contribution is -2.27. The average molecular weight is 419 g/mol. The first kappa shape index (κ1) is 22.2. The summed E-state index contributed by atoms with van der Waals surface area (Å²) < 4.78 is 10.2. The predicted octanol–water partition coefficient (Wildman–Crippen LogP) is 4.79. The lowest BCUT2D eigenvalue weighted by atomic mass is 10.2. The molecule has 7 nitrogen and oxygen atoms in total. The first-order chi connectivity index (χ1) is 13.5. The van der Waals surface area contributed by atoms with Gasteiger partial charge in [0, 0.05) is 16.4 Å². The summed E-state index contributed by atoms with van der Waals surface area (Å²) in [6, 6.07) is 11.3. The number of hydrogen-bond donors (Lipinski definition) is 2. The third-order valence-corrected chi connectivity index (χ3v) is 4.03. The van der Waals surface area contributed by atoms with Crippen LogP contribution in [-0.2, 0) is 14.3 Å². The van der Waals surface area contributed by atoms with E-state index in [1.165, 1.54) is 12.1 Å². The summed E-state index contributed by atoms with van der Waals surface area (Å²) in [6.45, 7) is 6.55. The average Bonchev–Trinajstić information content (AvgIpc) is 2.62. The molecule has 8 heteroatoms. The van der Waals surface area contributed by atoms with Crippen LogP contribution in [-0.4, -0.2) is 30.2 Å². The van der Waals surface area contributed by atoms with E-state index in [-0.39, 0.29) is 5.56 Å². The quantitative estimate of drug-likeness (QED) is 0.681. The molecule has 0 fully saturated rings. The van der Waals surface area contributed by atoms with Crippen molar-refractivity contribution in [2.45, 2.75) is 33.3 Å². The molecule has 0 saturated heterocycles. The molecular weight excluding hydrogens is 396 g/mol. The van der Waals surface area contributed by atoms with Gasteiger partial charge in [0.05, 0.1) is 5.56 Å². The van der Waals surface area contributed by atoms with Gasteiger partial charge in [0.15, 0.2) is 6.61 Å². The summed E-state index contributed by atoms with van der Waals surface area (Å²) in [4.78, 5) is 36.1. The van der Waals surface area contributed by atoms with Crippen LogP contribution in [0.3, 0.4) is 0 Å². The van der Waals surface area contributed by atoms with Gasteiger partial charge >= 0.3 is 12.1 Å². The highest BCUT2D eigenvalue weighted by atomic mass is 35.5. The van der Waals surface area contributed by atoms with Crippen molar-refractivity contribution in [1.82, 2.24) is 0 Å². The van der Waals surface area contributed by atoms with Crippen LogP contribution in [0.1, 0.15) is 36.7 Å². The Morgan fingerprint density at radius 2 is 1.72 bits per heavy atom. The Morgan fingerprint density at radius 1 is 1.03 bits per heavy atom. The zero-order valence-corrected chi connectivity index (χ0v) is 17.4. The molecular formula is C21H23ClN2O5. The molecule has 0 unspecified atom stereocenters. The molecule has 0 aliphatic heterocycles. The van der Waals surface area contributed by atoms with Crippen molar-refractivity contribution >= 4 is 40.9 Å². The van der Waals surface area contributed by atoms with Crippen LogP contribution in [0.4, 0.5) is 16.2 Å². The van der Waals surface area contributed by atoms with E-state index in [2.05, 4.69) is 10.6 Å². The smallest absolute Gasteiger partial charge is 0.412 e. The number of hydrogen-bond acceptors (Lipinski definition) is 5. The van der Waals surface area contributed by atoms with E-state index in [1.54, 1.807) is 58.0 Å². The van der Waals surface area contributed by atoms with Crippen LogP contribution in [0.15, 0.2) is 42.5 Å². The van der Waals surface area contributed by atoms with Crippen LogP contribution in [0.25, 0.3) is 0 Å². The summed E-state index contributed by atoms with van der Waals surface area (Å²) >= 11 is 6.02. The molecule has 0 aliphatic rings. The predicted molar refractivity (Wildman–Crippen MR) is 111 cm³/mol. The van der Waals surface area contributed by atoms with E-state index >= 15 is 0 Å². The number of ether oxygens (including phenoxy) is 2. The Bertz CT molecular complexity index is 922. The number of carbonyl (C=O) groups is 3. The van der Waals surface area contributed by atoms with E-state index in [9.17, 15) is 14.4 Å². The standard InChI is InChI=1S/C21H23ClN2O5/c1-13-16(22)9-6-10-17(13)24-18(25)12-28-19(26)14-7-5-8-15(11-14)23-20(27)29-21(2,3)4/h5-11H,12H2,1-4H3,(H,23,27)(H,24,25). The van der Waals surface area contributed by atoms with Gasteiger partial charge in [-0.1, -0.05) is 23.7 Å². The molecule has 0 radical (unpaired) electrons. The number of benzene rings is 2. The molecule has 0 heterocycles. The van der Waals surface area contributed by atoms with E-state index in [0.717, 1.165) is 5.56 Å². The molecule has 0 atom stereocenters. The lowest BCUT2D eigenvalue weighted by molar-refractivity contribution is -0.119. The Labute approximate surface area is 174 Å². The van der Waals surface area contributed by atoms with Gasteiger partial charge in [-0.15, -0.1) is 0 Å². The molecule has 2 N–H and O–H groups in total. The summed E-state index contributed by atoms with van der Waals surface area (Å²) in [5, 5.41) is 5.71. The van der Waals surface area contributed by atoms with Crippen molar-refractivity contribution in [3.63, 3.8) is 0 Å². The maximum atomic E-state index is 12.2. The van der Waals surface area contributed by atoms with Crippen molar-refractivity contribution in [2.75, 3.05) is 17.2 Å². The molecule has 0 spiro atoms. The van der Waals surface area contributed by atoms with Crippen molar-refractivity contribution < 1.29 is 23.9 Å². The maximum absolute atomic E-state index is 12.2. The Morgan fingerprint density at radius 3 is 2.41 bits per heavy atom. The Kier molecular flexibility index (Phi) is 7.23. The van der Waals surface area contributed by atoms with Crippen LogP contribution in [0.5, 0.6) is 0 Å². The minimum absolute atomic E-state index is 0.185. The van der Waals surface area contributed by atoms with E-state index in [0.29, 0.717) is 16.4 Å². The van der Waals surface area contributed by atoms with Gasteiger partial charge in [0.25, 0.3) is 5.91 Å². The number of amides is 2. The monoisotopic (exact) mass is 418 g/mol. The molecule has 2 amide bonds. The van der Waals surface area contributed by atoms with Crippen LogP contribution in [0, 0.1) is 6.92 Å². The lowest BCUT2D eigenvalue weighted by Gasteiger charge is -2.19. The van der Waals surface area contributed by atoms with E-state index in [4.69, 9.17) is 21.1 Å². The molecule has 0 bridgehead atoms. The second-order valence-electron chi connectivity index (χ2n) is 7.24. The van der Waals surface area contributed by atoms with Crippen LogP contribution < -0.4 is 10.6 Å². The van der Waals surface area contributed by atoms with Crippen molar-refractivity contribution in [3.8, 4) is 0 Å². The summed E-state index contributed by atoms with van der Waals surface area (Å²) in [6.07, 6.45) is -0.640. The number of anilines is 2. The third-order valence-electron chi connectivity index (χ3n) is 3.62. The van der Waals surface area contributed by atoms with Gasteiger partial charge in [-0.3, -0.25) is 10.1 Å². The summed E-state index contributed by atoms with van der Waals surface area (Å²) in [7, 11) is 0. The highest BCUT2D eigenvalue weighted by Crippen LogP contribution is 2.22. The van der Waals surface area contributed by atoms with Crippen molar-refractivity contribution in [2.24, 2.45) is 0 Å². The first-order valence-corrected chi connectivity index (χ1v) is 9.25. The Balaban J connectivity index is 1.93. The molecule has 2 aromatic carbocycles. The van der Waals surface area contributed by atoms with Gasteiger partial charge in [-0.2, -0.15) is 0 Å². The molecule has 0 saturated carbocycles. The van der Waals surface area contributed by atoms with Crippen molar-refractivity contribution in [3.05, 3.63) is 58.6 Å². The fraction of sp³-hybridized carbons (Fsp3) is 0.286. The maximum Gasteiger partial charge on any atom is 0.412 e. The zero-order valence-electron chi connectivity index (χ0n) is 16.7. The number of rotatable bonds is 5. The largest absolute Gasteiger partial charge is 0.452 e.